The van der Waals surface area contributed by atoms with Crippen molar-refractivity contribution in [2.75, 3.05) is 13.2 Å². The van der Waals surface area contributed by atoms with E-state index in [0.717, 1.165) is 0 Å². The summed E-state index contributed by atoms with van der Waals surface area (Å²) in [6, 6.07) is 13.8. The lowest BCUT2D eigenvalue weighted by atomic mass is 10.1. The van der Waals surface area contributed by atoms with Crippen molar-refractivity contribution in [1.29, 1.82) is 0 Å². The summed E-state index contributed by atoms with van der Waals surface area (Å²) in [5, 5.41) is 5.03. The first-order chi connectivity index (χ1) is 14.1. The molecule has 29 heavy (non-hydrogen) atoms. The summed E-state index contributed by atoms with van der Waals surface area (Å²) in [4.78, 5) is 16.2. The van der Waals surface area contributed by atoms with E-state index in [2.05, 4.69) is 10.1 Å². The standard InChI is InChI=1S/C20H17Cl2N3O4/c21-15-6-7-17(18(22)8-15)20(11-25-13-23-12-24-25)28-10-16(29-20)9-27-19(26)14-4-2-1-3-5-14/h1-8,12-13,16H,9-11H2/t16-,20?/m1/s1. The zero-order chi connectivity index (χ0) is 20.3. The minimum Gasteiger partial charge on any atom is -0.459 e. The lowest BCUT2D eigenvalue weighted by Crippen LogP contribution is -2.35. The zero-order valence-corrected chi connectivity index (χ0v) is 16.7. The summed E-state index contributed by atoms with van der Waals surface area (Å²) < 4.78 is 19.2. The predicted octanol–water partition coefficient (Wildman–Crippen LogP) is 3.71. The molecule has 2 atom stereocenters. The molecule has 0 amide bonds. The summed E-state index contributed by atoms with van der Waals surface area (Å²) in [5.41, 5.74) is 1.08. The number of hydrogen-bond donors (Lipinski definition) is 0. The van der Waals surface area contributed by atoms with Gasteiger partial charge >= 0.3 is 5.97 Å². The van der Waals surface area contributed by atoms with E-state index in [-0.39, 0.29) is 19.8 Å². The van der Waals surface area contributed by atoms with Crippen LogP contribution in [0, 0.1) is 0 Å². The monoisotopic (exact) mass is 433 g/mol. The predicted molar refractivity (Wildman–Crippen MR) is 106 cm³/mol. The minimum atomic E-state index is -1.21. The number of ether oxygens (including phenoxy) is 3. The Labute approximate surface area is 177 Å². The molecule has 1 aromatic heterocycles. The van der Waals surface area contributed by atoms with E-state index in [0.29, 0.717) is 21.2 Å². The van der Waals surface area contributed by atoms with Crippen LogP contribution in [0.25, 0.3) is 0 Å². The fourth-order valence-electron chi connectivity index (χ4n) is 3.11. The van der Waals surface area contributed by atoms with Crippen LogP contribution in [0.2, 0.25) is 10.0 Å². The highest BCUT2D eigenvalue weighted by Crippen LogP contribution is 2.40. The van der Waals surface area contributed by atoms with Gasteiger partial charge in [-0.15, -0.1) is 0 Å². The highest BCUT2D eigenvalue weighted by atomic mass is 35.5. The second kappa shape index (κ2) is 8.51. The van der Waals surface area contributed by atoms with Crippen molar-refractivity contribution < 1.29 is 19.0 Å². The first kappa shape index (κ1) is 19.8. The number of rotatable bonds is 6. The topological polar surface area (TPSA) is 75.5 Å². The van der Waals surface area contributed by atoms with Crippen LogP contribution in [-0.4, -0.2) is 40.1 Å². The van der Waals surface area contributed by atoms with Gasteiger partial charge in [-0.1, -0.05) is 47.5 Å². The van der Waals surface area contributed by atoms with Crippen molar-refractivity contribution in [3.63, 3.8) is 0 Å². The molecule has 1 aliphatic rings. The molecule has 0 spiro atoms. The van der Waals surface area contributed by atoms with Gasteiger partial charge < -0.3 is 14.2 Å². The highest BCUT2D eigenvalue weighted by molar-refractivity contribution is 6.35. The second-order valence-corrected chi connectivity index (χ2v) is 7.33. The summed E-state index contributed by atoms with van der Waals surface area (Å²) in [6.45, 7) is 0.477. The zero-order valence-electron chi connectivity index (χ0n) is 15.2. The van der Waals surface area contributed by atoms with Crippen molar-refractivity contribution in [2.45, 2.75) is 18.4 Å². The number of hydrogen-bond acceptors (Lipinski definition) is 6. The van der Waals surface area contributed by atoms with E-state index in [1.54, 1.807) is 53.5 Å². The van der Waals surface area contributed by atoms with Gasteiger partial charge in [-0.05, 0) is 24.3 Å². The lowest BCUT2D eigenvalue weighted by Gasteiger charge is -2.29. The Balaban J connectivity index is 1.51. The fourth-order valence-corrected chi connectivity index (χ4v) is 3.66. The Morgan fingerprint density at radius 1 is 1.24 bits per heavy atom. The van der Waals surface area contributed by atoms with Gasteiger partial charge in [-0.3, -0.25) is 0 Å². The average molecular weight is 434 g/mol. The van der Waals surface area contributed by atoms with Crippen molar-refractivity contribution >= 4 is 29.2 Å². The molecule has 0 N–H and O–H groups in total. The maximum Gasteiger partial charge on any atom is 0.338 e. The first-order valence-corrected chi connectivity index (χ1v) is 9.63. The molecule has 2 aromatic carbocycles. The fraction of sp³-hybridized carbons (Fsp3) is 0.250. The van der Waals surface area contributed by atoms with Crippen LogP contribution < -0.4 is 0 Å². The van der Waals surface area contributed by atoms with E-state index in [1.807, 2.05) is 6.07 Å². The van der Waals surface area contributed by atoms with Crippen molar-refractivity contribution in [2.24, 2.45) is 0 Å². The molecule has 4 rings (SSSR count). The molecular weight excluding hydrogens is 417 g/mol. The van der Waals surface area contributed by atoms with Gasteiger partial charge in [0.25, 0.3) is 0 Å². The molecule has 2 heterocycles. The van der Waals surface area contributed by atoms with Crippen LogP contribution in [0.1, 0.15) is 15.9 Å². The minimum absolute atomic E-state index is 0.0397. The van der Waals surface area contributed by atoms with E-state index in [9.17, 15) is 4.79 Å². The molecule has 1 unspecified atom stereocenters. The van der Waals surface area contributed by atoms with Gasteiger partial charge in [0.2, 0.25) is 5.79 Å². The lowest BCUT2D eigenvalue weighted by molar-refractivity contribution is -0.191. The van der Waals surface area contributed by atoms with E-state index >= 15 is 0 Å². The number of carbonyl (C=O) groups excluding carboxylic acids is 1. The molecule has 1 aliphatic heterocycles. The van der Waals surface area contributed by atoms with Gasteiger partial charge in [0.05, 0.1) is 17.2 Å². The van der Waals surface area contributed by atoms with Crippen LogP contribution in [0.15, 0.2) is 61.2 Å². The van der Waals surface area contributed by atoms with Crippen LogP contribution in [0.4, 0.5) is 0 Å². The van der Waals surface area contributed by atoms with Crippen LogP contribution in [0.3, 0.4) is 0 Å². The van der Waals surface area contributed by atoms with E-state index in [4.69, 9.17) is 37.4 Å². The molecule has 7 nitrogen and oxygen atoms in total. The number of nitrogens with zero attached hydrogens (tertiary/aromatic N) is 3. The van der Waals surface area contributed by atoms with Gasteiger partial charge in [0.1, 0.15) is 31.9 Å². The van der Waals surface area contributed by atoms with Gasteiger partial charge in [0.15, 0.2) is 0 Å². The molecule has 9 heteroatoms. The third-order valence-corrected chi connectivity index (χ3v) is 5.00. The number of halogens is 2. The van der Waals surface area contributed by atoms with Gasteiger partial charge in [-0.25, -0.2) is 14.5 Å². The molecule has 0 radical (unpaired) electrons. The number of esters is 1. The van der Waals surface area contributed by atoms with Crippen molar-refractivity contribution in [1.82, 2.24) is 14.8 Å². The van der Waals surface area contributed by atoms with Gasteiger partial charge in [0, 0.05) is 10.6 Å². The van der Waals surface area contributed by atoms with Crippen LogP contribution in [0.5, 0.6) is 0 Å². The highest BCUT2D eigenvalue weighted by Gasteiger charge is 2.45. The maximum atomic E-state index is 12.2. The Morgan fingerprint density at radius 3 is 2.79 bits per heavy atom. The number of benzene rings is 2. The van der Waals surface area contributed by atoms with Crippen molar-refractivity contribution in [3.05, 3.63) is 82.4 Å². The smallest absolute Gasteiger partial charge is 0.338 e. The van der Waals surface area contributed by atoms with Crippen molar-refractivity contribution in [3.8, 4) is 0 Å². The third kappa shape index (κ3) is 4.43. The molecule has 150 valence electrons. The molecule has 1 fully saturated rings. The first-order valence-electron chi connectivity index (χ1n) is 8.88. The quantitative estimate of drug-likeness (QED) is 0.551. The van der Waals surface area contributed by atoms with Crippen LogP contribution in [-0.2, 0) is 26.5 Å². The summed E-state index contributed by atoms with van der Waals surface area (Å²) in [7, 11) is 0. The Bertz CT molecular complexity index is 985. The second-order valence-electron chi connectivity index (χ2n) is 6.49. The van der Waals surface area contributed by atoms with Crippen LogP contribution >= 0.6 is 23.2 Å². The molecule has 0 bridgehead atoms. The van der Waals surface area contributed by atoms with Gasteiger partial charge in [-0.2, -0.15) is 5.10 Å². The average Bonchev–Trinajstić information content (AvgIpc) is 3.37. The van der Waals surface area contributed by atoms with E-state index < -0.39 is 17.9 Å². The molecule has 1 saturated heterocycles. The SMILES string of the molecule is O=C(OC[C@@H]1COC(Cn2cncn2)(c2ccc(Cl)cc2Cl)O1)c1ccccc1. The Morgan fingerprint density at radius 2 is 2.07 bits per heavy atom. The summed E-state index contributed by atoms with van der Waals surface area (Å²) in [5.74, 6) is -1.63. The third-order valence-electron chi connectivity index (χ3n) is 4.45. The summed E-state index contributed by atoms with van der Waals surface area (Å²) >= 11 is 12.5. The molecule has 3 aromatic rings. The largest absolute Gasteiger partial charge is 0.459 e. The molecule has 0 saturated carbocycles. The maximum absolute atomic E-state index is 12.2. The summed E-state index contributed by atoms with van der Waals surface area (Å²) in [6.07, 6.45) is 2.50. The van der Waals surface area contributed by atoms with E-state index in [1.165, 1.54) is 6.33 Å². The Kier molecular flexibility index (Phi) is 5.82. The molecule has 0 aliphatic carbocycles. The Hall–Kier alpha value is -2.45. The normalized spacial score (nSPS) is 21.2. The number of carbonyl (C=O) groups is 1. The molecular formula is C20H17Cl2N3O4. The number of aromatic nitrogens is 3.